The van der Waals surface area contributed by atoms with Crippen LogP contribution in [-0.4, -0.2) is 45.9 Å². The van der Waals surface area contributed by atoms with Gasteiger partial charge in [-0.1, -0.05) is 12.1 Å². The number of halogens is 2. The predicted octanol–water partition coefficient (Wildman–Crippen LogP) is 1.36. The summed E-state index contributed by atoms with van der Waals surface area (Å²) in [5, 5.41) is 8.65. The molecule has 1 N–H and O–H groups in total. The first-order valence-corrected chi connectivity index (χ1v) is 7.57. The molecule has 0 fully saturated rings. The summed E-state index contributed by atoms with van der Waals surface area (Å²) in [6.07, 6.45) is 1.30. The van der Waals surface area contributed by atoms with E-state index in [0.717, 1.165) is 0 Å². The zero-order chi connectivity index (χ0) is 16.3. The predicted molar refractivity (Wildman–Crippen MR) is 80.4 cm³/mol. The van der Waals surface area contributed by atoms with Gasteiger partial charge in [0.25, 0.3) is 6.55 Å². The van der Waals surface area contributed by atoms with E-state index in [1.807, 2.05) is 0 Å². The van der Waals surface area contributed by atoms with Crippen LogP contribution in [0.1, 0.15) is 30.0 Å². The van der Waals surface area contributed by atoms with Gasteiger partial charge in [-0.2, -0.15) is 8.78 Å². The second-order valence-corrected chi connectivity index (χ2v) is 5.62. The van der Waals surface area contributed by atoms with Crippen LogP contribution >= 0.6 is 0 Å². The third-order valence-corrected chi connectivity index (χ3v) is 4.21. The maximum atomic E-state index is 13.0. The van der Waals surface area contributed by atoms with E-state index in [-0.39, 0.29) is 33.8 Å². The monoisotopic (exact) mass is 363 g/mol. The number of ether oxygens (including phenoxy) is 1. The van der Waals surface area contributed by atoms with E-state index >= 15 is 0 Å². The van der Waals surface area contributed by atoms with Crippen LogP contribution in [0.4, 0.5) is 8.78 Å². The van der Waals surface area contributed by atoms with Crippen molar-refractivity contribution in [2.45, 2.75) is 31.9 Å². The molecule has 1 aromatic carbocycles. The minimum absolute atomic E-state index is 0. The number of carboxylic acids is 1. The zero-order valence-electron chi connectivity index (χ0n) is 12.4. The molecule has 0 heterocycles. The third kappa shape index (κ3) is 4.64. The molecule has 10 heteroatoms. The average molecular weight is 363 g/mol. The fourth-order valence-electron chi connectivity index (χ4n) is 2.63. The van der Waals surface area contributed by atoms with Crippen LogP contribution in [0.3, 0.4) is 0 Å². The summed E-state index contributed by atoms with van der Waals surface area (Å²) in [7, 11) is -3.06. The van der Waals surface area contributed by atoms with Gasteiger partial charge in [0.2, 0.25) is 0 Å². The molecule has 0 aliphatic heterocycles. The van der Waals surface area contributed by atoms with E-state index in [1.54, 1.807) is 12.1 Å². The van der Waals surface area contributed by atoms with Crippen molar-refractivity contribution in [3.63, 3.8) is 0 Å². The fourth-order valence-corrected chi connectivity index (χ4v) is 3.19. The van der Waals surface area contributed by atoms with Gasteiger partial charge in [-0.3, -0.25) is 4.31 Å². The van der Waals surface area contributed by atoms with Crippen molar-refractivity contribution in [2.75, 3.05) is 6.61 Å². The van der Waals surface area contributed by atoms with Gasteiger partial charge < -0.3 is 18.3 Å². The van der Waals surface area contributed by atoms with Gasteiger partial charge in [-0.15, -0.1) is 0 Å². The Morgan fingerprint density at radius 2 is 2.13 bits per heavy atom. The molecule has 0 radical (unpaired) electrons. The van der Waals surface area contributed by atoms with E-state index in [2.05, 4.69) is 0 Å². The number of aliphatic carboxylic acids is 1. The summed E-state index contributed by atoms with van der Waals surface area (Å²) >= 11 is 0. The Morgan fingerprint density at radius 1 is 1.43 bits per heavy atom. The number of fused-ring (bicyclic) bond motifs is 1. The maximum absolute atomic E-state index is 13.0. The van der Waals surface area contributed by atoms with Gasteiger partial charge in [0.05, 0.1) is 0 Å². The van der Waals surface area contributed by atoms with E-state index in [4.69, 9.17) is 9.84 Å². The summed E-state index contributed by atoms with van der Waals surface area (Å²) < 4.78 is 53.5. The number of hydrogen-bond donors (Lipinski definition) is 1. The quantitative estimate of drug-likeness (QED) is 0.469. The van der Waals surface area contributed by atoms with Gasteiger partial charge in [-0.05, 0) is 47.3 Å². The van der Waals surface area contributed by atoms with E-state index in [9.17, 15) is 22.0 Å². The number of benzene rings is 1. The van der Waals surface area contributed by atoms with E-state index < -0.39 is 36.1 Å². The number of carbonyl (C=O) groups is 1. The Balaban J connectivity index is 0.00000264. The Labute approximate surface area is 144 Å². The van der Waals surface area contributed by atoms with Crippen LogP contribution < -0.4 is 4.74 Å². The fraction of sp³-hybridized carbons (Fsp3) is 0.462. The molecule has 0 saturated carbocycles. The van der Waals surface area contributed by atoms with Gasteiger partial charge >= 0.3 is 23.3 Å². The molecule has 0 bridgehead atoms. The molecule has 1 aliphatic carbocycles. The summed E-state index contributed by atoms with van der Waals surface area (Å²) in [6, 6.07) is 3.67. The van der Waals surface area contributed by atoms with Crippen molar-refractivity contribution in [1.29, 1.82) is 0 Å². The van der Waals surface area contributed by atoms with Crippen molar-refractivity contribution in [3.8, 4) is 5.75 Å². The van der Waals surface area contributed by atoms with Crippen LogP contribution in [0.2, 0.25) is 0 Å². The van der Waals surface area contributed by atoms with Crippen molar-refractivity contribution in [1.82, 2.24) is 4.31 Å². The number of nitrogens with zero attached hydrogens (tertiary/aromatic N) is 1. The van der Waals surface area contributed by atoms with Crippen LogP contribution in [0.25, 0.3) is 0 Å². The molecule has 1 atom stereocenters. The summed E-state index contributed by atoms with van der Waals surface area (Å²) in [5.74, 6) is -0.865. The molecule has 0 unspecified atom stereocenters. The van der Waals surface area contributed by atoms with E-state index in [0.29, 0.717) is 24.0 Å². The standard InChI is InChI=1S/C13H14F2NO5S.Al.2H/c14-13(15)16(22(19)20)10-5-1-4-9-8(10)3-2-6-11(9)21-7-12(17)18;;;/h2-3,6,10,13H,1,4-5,7H2,(H,17,18);;;/q-1;+1;;/t10-;;;/m1.../s1. The Kier molecular flexibility index (Phi) is 7.41. The number of alkyl halides is 2. The first-order chi connectivity index (χ1) is 10.4. The summed E-state index contributed by atoms with van der Waals surface area (Å²) in [6.45, 7) is -3.69. The number of carboxylic acid groups (broad SMARTS) is 1. The SMILES string of the molecule is O=C(O)COc1cccc2c1CCC[C@H]2N(C(F)F)[S-](=O)=O.[AlH2+]. The average Bonchev–Trinajstić information content (AvgIpc) is 2.44. The Bertz CT molecular complexity index is 633. The molecule has 0 saturated heterocycles. The topological polar surface area (TPSA) is 83.9 Å². The van der Waals surface area contributed by atoms with Crippen molar-refractivity contribution in [2.24, 2.45) is 0 Å². The normalized spacial score (nSPS) is 17.0. The Hall–Kier alpha value is -1.21. The second kappa shape index (κ2) is 8.59. The minimum atomic E-state index is -3.14. The van der Waals surface area contributed by atoms with Gasteiger partial charge in [0.15, 0.2) is 6.61 Å². The summed E-state index contributed by atoms with van der Waals surface area (Å²) in [5.41, 5.74) is 1.01. The molecule has 0 amide bonds. The molecule has 126 valence electrons. The second-order valence-electron chi connectivity index (χ2n) is 4.77. The molecule has 0 spiro atoms. The third-order valence-electron chi connectivity index (χ3n) is 3.46. The number of hydrogen-bond acceptors (Lipinski definition) is 5. The van der Waals surface area contributed by atoms with Crippen LogP contribution in [0.5, 0.6) is 5.75 Å². The first-order valence-electron chi connectivity index (χ1n) is 6.54. The molecular formula is C13H16AlF2NO5S. The van der Waals surface area contributed by atoms with E-state index in [1.165, 1.54) is 6.07 Å². The first kappa shape index (κ1) is 19.8. The zero-order valence-corrected chi connectivity index (χ0v) is 15.2. The molecular weight excluding hydrogens is 347 g/mol. The number of rotatable bonds is 6. The van der Waals surface area contributed by atoms with Gasteiger partial charge in [0, 0.05) is 6.04 Å². The Morgan fingerprint density at radius 3 is 2.70 bits per heavy atom. The molecule has 2 rings (SSSR count). The van der Waals surface area contributed by atoms with Crippen molar-refractivity contribution < 1.29 is 31.8 Å². The summed E-state index contributed by atoms with van der Waals surface area (Å²) in [4.78, 5) is 10.6. The molecule has 6 nitrogen and oxygen atoms in total. The molecule has 23 heavy (non-hydrogen) atoms. The van der Waals surface area contributed by atoms with Gasteiger partial charge in [-0.25, -0.2) is 4.79 Å². The molecule has 0 aromatic heterocycles. The van der Waals surface area contributed by atoms with Crippen LogP contribution in [0, 0.1) is 0 Å². The van der Waals surface area contributed by atoms with Gasteiger partial charge in [0.1, 0.15) is 5.75 Å². The van der Waals surface area contributed by atoms with Crippen molar-refractivity contribution >= 4 is 34.2 Å². The van der Waals surface area contributed by atoms with Crippen LogP contribution in [-0.2, 0) is 30.5 Å². The molecule has 1 aromatic rings. The molecule has 1 aliphatic rings. The van der Waals surface area contributed by atoms with Crippen LogP contribution in [0.15, 0.2) is 18.2 Å². The van der Waals surface area contributed by atoms with Crippen molar-refractivity contribution in [3.05, 3.63) is 29.3 Å².